The first-order chi connectivity index (χ1) is 7.19. The minimum absolute atomic E-state index is 0.0944. The summed E-state index contributed by atoms with van der Waals surface area (Å²) in [5.74, 6) is 6.63. The Morgan fingerprint density at radius 2 is 2.13 bits per heavy atom. The molecule has 0 aromatic rings. The van der Waals surface area contributed by atoms with E-state index in [2.05, 4.69) is 11.8 Å². The Labute approximate surface area is 91.1 Å². The van der Waals surface area contributed by atoms with Crippen LogP contribution < -0.4 is 0 Å². The molecule has 1 heterocycles. The minimum Gasteiger partial charge on any atom is -0.376 e. The zero-order valence-electron chi connectivity index (χ0n) is 9.54. The van der Waals surface area contributed by atoms with E-state index in [0.29, 0.717) is 12.4 Å². The summed E-state index contributed by atoms with van der Waals surface area (Å²) in [6.45, 7) is 3.24. The summed E-state index contributed by atoms with van der Waals surface area (Å²) in [4.78, 5) is 1.97. The normalized spacial score (nSPS) is 26.2. The summed E-state index contributed by atoms with van der Waals surface area (Å²) in [7, 11) is 3.28. The third-order valence-electron chi connectivity index (χ3n) is 2.52. The molecule has 2 atom stereocenters. The summed E-state index contributed by atoms with van der Waals surface area (Å²) in [5, 5.41) is 7.63. The van der Waals surface area contributed by atoms with Crippen LogP contribution in [0.25, 0.3) is 0 Å². The monoisotopic (exact) mass is 210 g/mol. The fourth-order valence-corrected chi connectivity index (χ4v) is 1.57. The van der Waals surface area contributed by atoms with Gasteiger partial charge in [0.2, 0.25) is 0 Å². The summed E-state index contributed by atoms with van der Waals surface area (Å²) < 4.78 is 10.6. The van der Waals surface area contributed by atoms with Crippen molar-refractivity contribution in [3.8, 4) is 11.8 Å². The highest BCUT2D eigenvalue weighted by molar-refractivity contribution is 5.76. The number of nitrogens with zero attached hydrogens (tertiary/aromatic N) is 1. The second-order valence-electron chi connectivity index (χ2n) is 3.53. The molecule has 0 radical (unpaired) electrons. The number of rotatable bonds is 2. The highest BCUT2D eigenvalue weighted by Crippen LogP contribution is 2.08. The molecule has 1 N–H and O–H groups in total. The summed E-state index contributed by atoms with van der Waals surface area (Å²) in [5.41, 5.74) is 0. The second-order valence-corrected chi connectivity index (χ2v) is 3.53. The molecule has 0 aromatic carbocycles. The Kier molecular flexibility index (Phi) is 4.60. The lowest BCUT2D eigenvalue weighted by Gasteiger charge is -2.30. The number of methoxy groups -OCH3 is 2. The number of amidine groups is 1. The number of ether oxygens (including phenoxy) is 2. The smallest absolute Gasteiger partial charge is 0.145 e. The molecule has 4 heteroatoms. The van der Waals surface area contributed by atoms with E-state index in [-0.39, 0.29) is 12.2 Å². The van der Waals surface area contributed by atoms with E-state index in [0.717, 1.165) is 13.0 Å². The summed E-state index contributed by atoms with van der Waals surface area (Å²) in [6, 6.07) is 0. The van der Waals surface area contributed by atoms with Crippen LogP contribution in [0.2, 0.25) is 0 Å². The molecule has 0 bridgehead atoms. The Morgan fingerprint density at radius 3 is 2.67 bits per heavy atom. The van der Waals surface area contributed by atoms with E-state index in [1.165, 1.54) is 0 Å². The molecule has 0 aliphatic carbocycles. The van der Waals surface area contributed by atoms with E-state index < -0.39 is 0 Å². The molecule has 0 saturated carbocycles. The molecule has 4 nitrogen and oxygen atoms in total. The lowest BCUT2D eigenvalue weighted by molar-refractivity contribution is -0.0169. The second kappa shape index (κ2) is 5.74. The van der Waals surface area contributed by atoms with Crippen LogP contribution in [0.4, 0.5) is 0 Å². The van der Waals surface area contributed by atoms with Crippen LogP contribution in [-0.4, -0.2) is 50.3 Å². The van der Waals surface area contributed by atoms with Gasteiger partial charge in [-0.05, 0) is 6.92 Å². The molecule has 2 unspecified atom stereocenters. The maximum atomic E-state index is 7.63. The van der Waals surface area contributed by atoms with Gasteiger partial charge in [0, 0.05) is 33.7 Å². The molecule has 0 saturated heterocycles. The van der Waals surface area contributed by atoms with Gasteiger partial charge in [0.05, 0.1) is 5.84 Å². The van der Waals surface area contributed by atoms with Crippen molar-refractivity contribution in [2.24, 2.45) is 0 Å². The van der Waals surface area contributed by atoms with Crippen LogP contribution in [0.5, 0.6) is 0 Å². The molecule has 0 spiro atoms. The van der Waals surface area contributed by atoms with Crippen molar-refractivity contribution in [2.75, 3.05) is 27.3 Å². The third-order valence-corrected chi connectivity index (χ3v) is 2.52. The van der Waals surface area contributed by atoms with Gasteiger partial charge in [0.15, 0.2) is 0 Å². The van der Waals surface area contributed by atoms with Crippen molar-refractivity contribution in [1.82, 2.24) is 4.90 Å². The Bertz CT molecular complexity index is 280. The van der Waals surface area contributed by atoms with Gasteiger partial charge in [-0.3, -0.25) is 5.41 Å². The molecule has 1 rings (SSSR count). The summed E-state index contributed by atoms with van der Waals surface area (Å²) in [6.07, 6.45) is 0.479. The van der Waals surface area contributed by atoms with Crippen molar-refractivity contribution < 1.29 is 9.47 Å². The molecule has 0 fully saturated rings. The fraction of sp³-hybridized carbons (Fsp3) is 0.727. The van der Waals surface area contributed by atoms with E-state index >= 15 is 0 Å². The number of hydrogen-bond donors (Lipinski definition) is 1. The van der Waals surface area contributed by atoms with Gasteiger partial charge in [-0.25, -0.2) is 0 Å². The predicted molar refractivity (Wildman–Crippen MR) is 59.0 cm³/mol. The first-order valence-electron chi connectivity index (χ1n) is 5.03. The number of nitrogens with one attached hydrogen (secondary N) is 1. The maximum Gasteiger partial charge on any atom is 0.145 e. The Morgan fingerprint density at radius 1 is 1.40 bits per heavy atom. The standard InChI is InChI=1S/C11H18N2O2/c1-9(12)13-7-5-4-6-10(14-2)11(8-13)15-3/h10-12H,5,7-8H2,1-3H3. The molecule has 1 aliphatic rings. The topological polar surface area (TPSA) is 45.5 Å². The van der Waals surface area contributed by atoms with E-state index in [1.54, 1.807) is 21.1 Å². The van der Waals surface area contributed by atoms with Crippen molar-refractivity contribution in [3.05, 3.63) is 0 Å². The van der Waals surface area contributed by atoms with Crippen molar-refractivity contribution >= 4 is 5.84 Å². The highest BCUT2D eigenvalue weighted by Gasteiger charge is 2.23. The molecule has 0 aromatic heterocycles. The quantitative estimate of drug-likeness (QED) is 0.415. The zero-order valence-corrected chi connectivity index (χ0v) is 9.54. The number of hydrogen-bond acceptors (Lipinski definition) is 3. The summed E-state index contributed by atoms with van der Waals surface area (Å²) >= 11 is 0. The zero-order chi connectivity index (χ0) is 11.3. The highest BCUT2D eigenvalue weighted by atomic mass is 16.5. The van der Waals surface area contributed by atoms with E-state index in [9.17, 15) is 0 Å². The average molecular weight is 210 g/mol. The largest absolute Gasteiger partial charge is 0.376 e. The fourth-order valence-electron chi connectivity index (χ4n) is 1.57. The Balaban J connectivity index is 2.76. The van der Waals surface area contributed by atoms with Crippen LogP contribution in [0.15, 0.2) is 0 Å². The predicted octanol–water partition coefficient (Wildman–Crippen LogP) is 0.723. The molecular formula is C11H18N2O2. The molecule has 15 heavy (non-hydrogen) atoms. The van der Waals surface area contributed by atoms with Crippen LogP contribution in [0.1, 0.15) is 13.3 Å². The van der Waals surface area contributed by atoms with Crippen molar-refractivity contribution in [2.45, 2.75) is 25.6 Å². The van der Waals surface area contributed by atoms with Crippen LogP contribution in [-0.2, 0) is 9.47 Å². The van der Waals surface area contributed by atoms with Crippen LogP contribution in [0, 0.1) is 17.3 Å². The Hall–Kier alpha value is -1.05. The average Bonchev–Trinajstić information content (AvgIpc) is 2.17. The minimum atomic E-state index is -0.197. The van der Waals surface area contributed by atoms with Crippen LogP contribution in [0.3, 0.4) is 0 Å². The first-order valence-corrected chi connectivity index (χ1v) is 5.03. The van der Waals surface area contributed by atoms with Gasteiger partial charge in [-0.15, -0.1) is 0 Å². The SMILES string of the molecule is COC1C#CCCN(C(C)=N)CC1OC. The molecule has 1 aliphatic heterocycles. The lowest BCUT2D eigenvalue weighted by Crippen LogP contribution is -2.43. The van der Waals surface area contributed by atoms with E-state index in [4.69, 9.17) is 14.9 Å². The maximum absolute atomic E-state index is 7.63. The van der Waals surface area contributed by atoms with Gasteiger partial charge in [0.1, 0.15) is 12.2 Å². The molecule has 84 valence electrons. The lowest BCUT2D eigenvalue weighted by atomic mass is 10.1. The van der Waals surface area contributed by atoms with Gasteiger partial charge in [-0.2, -0.15) is 0 Å². The van der Waals surface area contributed by atoms with Crippen LogP contribution >= 0.6 is 0 Å². The van der Waals surface area contributed by atoms with Gasteiger partial charge in [-0.1, -0.05) is 11.8 Å². The van der Waals surface area contributed by atoms with E-state index in [1.807, 2.05) is 4.90 Å². The molecular weight excluding hydrogens is 192 g/mol. The van der Waals surface area contributed by atoms with Gasteiger partial charge < -0.3 is 14.4 Å². The van der Waals surface area contributed by atoms with Crippen molar-refractivity contribution in [3.63, 3.8) is 0 Å². The first kappa shape index (κ1) is 12.0. The van der Waals surface area contributed by atoms with Crippen molar-refractivity contribution in [1.29, 1.82) is 5.41 Å². The van der Waals surface area contributed by atoms with Gasteiger partial charge in [0.25, 0.3) is 0 Å². The third kappa shape index (κ3) is 3.22. The van der Waals surface area contributed by atoms with Gasteiger partial charge >= 0.3 is 0 Å². The molecule has 0 amide bonds.